The normalized spacial score (nSPS) is 12.6. The number of halogens is 1. The molecule has 0 spiro atoms. The quantitative estimate of drug-likeness (QED) is 0.728. The number of hydrogen-bond donors (Lipinski definition) is 0. The van der Waals surface area contributed by atoms with Crippen LogP contribution in [-0.4, -0.2) is 30.1 Å². The lowest BCUT2D eigenvalue weighted by Crippen LogP contribution is -2.33. The number of nitrogens with zero attached hydrogens (tertiary/aromatic N) is 2. The SMILES string of the molecule is CCC(CSC)N(C)c1cc(CCl)nc2ccccc12. The van der Waals surface area contributed by atoms with Gasteiger partial charge in [0.25, 0.3) is 0 Å². The Morgan fingerprint density at radius 3 is 2.75 bits per heavy atom. The maximum absolute atomic E-state index is 5.99. The topological polar surface area (TPSA) is 16.1 Å². The van der Waals surface area contributed by atoms with Gasteiger partial charge in [-0.05, 0) is 24.8 Å². The van der Waals surface area contributed by atoms with Crippen LogP contribution in [0.1, 0.15) is 19.0 Å². The molecule has 2 nitrogen and oxygen atoms in total. The molecule has 0 N–H and O–H groups in total. The number of anilines is 1. The molecule has 0 bridgehead atoms. The van der Waals surface area contributed by atoms with E-state index in [4.69, 9.17) is 11.6 Å². The van der Waals surface area contributed by atoms with Gasteiger partial charge in [-0.2, -0.15) is 11.8 Å². The molecule has 1 atom stereocenters. The number of rotatable bonds is 6. The first-order valence-corrected chi connectivity index (χ1v) is 8.80. The van der Waals surface area contributed by atoms with Crippen molar-refractivity contribution in [2.75, 3.05) is 24.0 Å². The smallest absolute Gasteiger partial charge is 0.0726 e. The van der Waals surface area contributed by atoms with Crippen LogP contribution in [0.2, 0.25) is 0 Å². The van der Waals surface area contributed by atoms with Crippen molar-refractivity contribution in [2.24, 2.45) is 0 Å². The highest BCUT2D eigenvalue weighted by atomic mass is 35.5. The van der Waals surface area contributed by atoms with Gasteiger partial charge in [-0.3, -0.25) is 4.98 Å². The summed E-state index contributed by atoms with van der Waals surface area (Å²) in [6.07, 6.45) is 3.29. The van der Waals surface area contributed by atoms with E-state index in [2.05, 4.69) is 54.4 Å². The van der Waals surface area contributed by atoms with E-state index in [-0.39, 0.29) is 0 Å². The van der Waals surface area contributed by atoms with Crippen LogP contribution >= 0.6 is 23.4 Å². The molecule has 4 heteroatoms. The van der Waals surface area contributed by atoms with Gasteiger partial charge in [0.1, 0.15) is 0 Å². The number of alkyl halides is 1. The van der Waals surface area contributed by atoms with E-state index >= 15 is 0 Å². The summed E-state index contributed by atoms with van der Waals surface area (Å²) >= 11 is 7.88. The average molecular weight is 309 g/mol. The lowest BCUT2D eigenvalue weighted by molar-refractivity contribution is 0.674. The summed E-state index contributed by atoms with van der Waals surface area (Å²) in [4.78, 5) is 6.98. The van der Waals surface area contributed by atoms with Crippen molar-refractivity contribution in [1.29, 1.82) is 0 Å². The third-order valence-corrected chi connectivity index (χ3v) is 4.63. The molecule has 0 saturated heterocycles. The first-order chi connectivity index (χ1) is 9.71. The fourth-order valence-electron chi connectivity index (χ4n) is 2.46. The van der Waals surface area contributed by atoms with Crippen LogP contribution in [0.25, 0.3) is 10.9 Å². The summed E-state index contributed by atoms with van der Waals surface area (Å²) in [5.41, 5.74) is 3.19. The van der Waals surface area contributed by atoms with E-state index in [9.17, 15) is 0 Å². The Hall–Kier alpha value is -0.930. The molecule has 0 amide bonds. The zero-order valence-electron chi connectivity index (χ0n) is 12.3. The average Bonchev–Trinajstić information content (AvgIpc) is 2.50. The van der Waals surface area contributed by atoms with Gasteiger partial charge < -0.3 is 4.90 Å². The van der Waals surface area contributed by atoms with Crippen LogP contribution in [0.4, 0.5) is 5.69 Å². The Labute approximate surface area is 130 Å². The number of fused-ring (bicyclic) bond motifs is 1. The van der Waals surface area contributed by atoms with Gasteiger partial charge in [0.2, 0.25) is 0 Å². The molecule has 0 fully saturated rings. The summed E-state index contributed by atoms with van der Waals surface area (Å²) < 4.78 is 0. The maximum atomic E-state index is 5.99. The second kappa shape index (κ2) is 7.19. The highest BCUT2D eigenvalue weighted by Crippen LogP contribution is 2.29. The van der Waals surface area contributed by atoms with E-state index in [0.717, 1.165) is 23.4 Å². The zero-order valence-corrected chi connectivity index (χ0v) is 13.8. The molecule has 0 aliphatic carbocycles. The fourth-order valence-corrected chi connectivity index (χ4v) is 3.44. The molecule has 0 saturated carbocycles. The largest absolute Gasteiger partial charge is 0.370 e. The number of para-hydroxylation sites is 1. The second-order valence-electron chi connectivity index (χ2n) is 4.91. The Morgan fingerprint density at radius 1 is 1.35 bits per heavy atom. The fraction of sp³-hybridized carbons (Fsp3) is 0.438. The molecule has 108 valence electrons. The molecule has 0 radical (unpaired) electrons. The van der Waals surface area contributed by atoms with Crippen LogP contribution in [0.5, 0.6) is 0 Å². The minimum atomic E-state index is 0.449. The van der Waals surface area contributed by atoms with Crippen LogP contribution in [0.15, 0.2) is 30.3 Å². The number of benzene rings is 1. The van der Waals surface area contributed by atoms with Gasteiger partial charge >= 0.3 is 0 Å². The van der Waals surface area contributed by atoms with Crippen LogP contribution in [0.3, 0.4) is 0 Å². The van der Waals surface area contributed by atoms with E-state index in [0.29, 0.717) is 11.9 Å². The first kappa shape index (κ1) is 15.5. The molecule has 1 aromatic heterocycles. The highest BCUT2D eigenvalue weighted by Gasteiger charge is 2.16. The van der Waals surface area contributed by atoms with Crippen molar-refractivity contribution >= 4 is 40.0 Å². The molecule has 2 aromatic rings. The summed E-state index contributed by atoms with van der Waals surface area (Å²) in [6, 6.07) is 10.9. The van der Waals surface area contributed by atoms with Crippen molar-refractivity contribution in [1.82, 2.24) is 4.98 Å². The van der Waals surface area contributed by atoms with Gasteiger partial charge in [-0.15, -0.1) is 11.6 Å². The summed E-state index contributed by atoms with van der Waals surface area (Å²) in [5, 5.41) is 1.20. The number of thioether (sulfide) groups is 1. The maximum Gasteiger partial charge on any atom is 0.0726 e. The summed E-state index contributed by atoms with van der Waals surface area (Å²) in [5.74, 6) is 1.57. The minimum absolute atomic E-state index is 0.449. The lowest BCUT2D eigenvalue weighted by Gasteiger charge is -2.30. The van der Waals surface area contributed by atoms with Gasteiger partial charge in [-0.1, -0.05) is 25.1 Å². The van der Waals surface area contributed by atoms with Gasteiger partial charge in [-0.25, -0.2) is 0 Å². The monoisotopic (exact) mass is 308 g/mol. The van der Waals surface area contributed by atoms with Gasteiger partial charge in [0.15, 0.2) is 0 Å². The third-order valence-electron chi connectivity index (χ3n) is 3.64. The number of hydrogen-bond acceptors (Lipinski definition) is 3. The first-order valence-electron chi connectivity index (χ1n) is 6.87. The van der Waals surface area contributed by atoms with Crippen molar-refractivity contribution in [2.45, 2.75) is 25.3 Å². The van der Waals surface area contributed by atoms with E-state index in [1.807, 2.05) is 17.8 Å². The van der Waals surface area contributed by atoms with E-state index in [1.54, 1.807) is 0 Å². The lowest BCUT2D eigenvalue weighted by atomic mass is 10.1. The molecule has 0 aliphatic heterocycles. The zero-order chi connectivity index (χ0) is 14.5. The minimum Gasteiger partial charge on any atom is -0.370 e. The van der Waals surface area contributed by atoms with Gasteiger partial charge in [0, 0.05) is 29.9 Å². The molecular formula is C16H21ClN2S. The van der Waals surface area contributed by atoms with Crippen LogP contribution < -0.4 is 4.90 Å². The molecule has 20 heavy (non-hydrogen) atoms. The Balaban J connectivity index is 2.50. The summed E-state index contributed by atoms with van der Waals surface area (Å²) in [7, 11) is 2.17. The van der Waals surface area contributed by atoms with Crippen LogP contribution in [-0.2, 0) is 5.88 Å². The Bertz CT molecular complexity index is 573. The summed E-state index contributed by atoms with van der Waals surface area (Å²) in [6.45, 7) is 2.24. The number of pyridine rings is 1. The van der Waals surface area contributed by atoms with Crippen molar-refractivity contribution < 1.29 is 0 Å². The van der Waals surface area contributed by atoms with Gasteiger partial charge in [0.05, 0.1) is 17.1 Å². The Kier molecular flexibility index (Phi) is 5.55. The second-order valence-corrected chi connectivity index (χ2v) is 6.09. The number of aromatic nitrogens is 1. The van der Waals surface area contributed by atoms with Crippen molar-refractivity contribution in [3.8, 4) is 0 Å². The Morgan fingerprint density at radius 2 is 2.10 bits per heavy atom. The predicted octanol–water partition coefficient (Wildman–Crippen LogP) is 4.55. The van der Waals surface area contributed by atoms with Crippen LogP contribution in [0, 0.1) is 0 Å². The van der Waals surface area contributed by atoms with Crippen molar-refractivity contribution in [3.05, 3.63) is 36.0 Å². The molecule has 0 aliphatic rings. The molecule has 1 heterocycles. The standard InChI is InChI=1S/C16H21ClN2S/c1-4-13(11-20-3)19(2)16-9-12(10-17)18-15-8-6-5-7-14(15)16/h5-9,13H,4,10-11H2,1-3H3. The third kappa shape index (κ3) is 3.21. The molecule has 1 aromatic carbocycles. The highest BCUT2D eigenvalue weighted by molar-refractivity contribution is 7.98. The molecule has 2 rings (SSSR count). The van der Waals surface area contributed by atoms with Crippen molar-refractivity contribution in [3.63, 3.8) is 0 Å². The van der Waals surface area contributed by atoms with E-state index < -0.39 is 0 Å². The molecule has 1 unspecified atom stereocenters. The molecular weight excluding hydrogens is 288 g/mol. The van der Waals surface area contributed by atoms with E-state index in [1.165, 1.54) is 11.1 Å². The predicted molar refractivity (Wildman–Crippen MR) is 92.2 cm³/mol.